The molecule has 0 aromatic heterocycles. The van der Waals surface area contributed by atoms with Gasteiger partial charge in [0.1, 0.15) is 0 Å². The van der Waals surface area contributed by atoms with E-state index >= 15 is 0 Å². The van der Waals surface area contributed by atoms with Crippen LogP contribution in [0, 0.1) is 0 Å². The van der Waals surface area contributed by atoms with Crippen LogP contribution in [0.15, 0.2) is 48.3 Å². The zero-order valence-electron chi connectivity index (χ0n) is 9.53. The van der Waals surface area contributed by atoms with E-state index in [1.807, 2.05) is 0 Å². The summed E-state index contributed by atoms with van der Waals surface area (Å²) in [7, 11) is 1.40. The minimum atomic E-state index is -0.237. The van der Waals surface area contributed by atoms with Crippen LogP contribution in [-0.2, 0) is 4.74 Å². The zero-order chi connectivity index (χ0) is 12.4. The lowest BCUT2D eigenvalue weighted by Gasteiger charge is -2.18. The van der Waals surface area contributed by atoms with Crippen LogP contribution < -0.4 is 0 Å². The van der Waals surface area contributed by atoms with Crippen LogP contribution in [-0.4, -0.2) is 18.7 Å². The summed E-state index contributed by atoms with van der Waals surface area (Å²) in [5, 5.41) is 0. The molecule has 86 valence electrons. The third kappa shape index (κ3) is 1.69. The number of benzene rings is 1. The van der Waals surface area contributed by atoms with Crippen molar-refractivity contribution in [2.75, 3.05) is 7.11 Å². The Bertz CT molecular complexity index is 538. The molecule has 1 aliphatic rings. The molecule has 0 saturated carbocycles. The summed E-state index contributed by atoms with van der Waals surface area (Å²) in [4.78, 5) is 24.3. The molecule has 0 fully saturated rings. The molecule has 0 saturated heterocycles. The van der Waals surface area contributed by atoms with Crippen LogP contribution in [0.4, 0.5) is 0 Å². The first-order valence-electron chi connectivity index (χ1n) is 5.27. The van der Waals surface area contributed by atoms with Crippen molar-refractivity contribution in [3.63, 3.8) is 0 Å². The molecule has 1 aromatic rings. The summed E-state index contributed by atoms with van der Waals surface area (Å²) in [6, 6.07) is 6.77. The van der Waals surface area contributed by atoms with E-state index in [1.54, 1.807) is 30.3 Å². The fourth-order valence-corrected chi connectivity index (χ4v) is 1.95. The van der Waals surface area contributed by atoms with Gasteiger partial charge in [0.25, 0.3) is 0 Å². The lowest BCUT2D eigenvalue weighted by atomic mass is 9.87. The summed E-state index contributed by atoms with van der Waals surface area (Å²) < 4.78 is 5.06. The van der Waals surface area contributed by atoms with Gasteiger partial charge in [0.05, 0.1) is 7.11 Å². The minimum Gasteiger partial charge on any atom is -0.492 e. The van der Waals surface area contributed by atoms with Gasteiger partial charge in [-0.3, -0.25) is 9.59 Å². The third-order valence-corrected chi connectivity index (χ3v) is 2.72. The van der Waals surface area contributed by atoms with Gasteiger partial charge in [0.2, 0.25) is 5.78 Å². The number of ether oxygens (including phenoxy) is 1. The molecule has 0 spiro atoms. The van der Waals surface area contributed by atoms with E-state index in [9.17, 15) is 9.59 Å². The molecule has 17 heavy (non-hydrogen) atoms. The lowest BCUT2D eigenvalue weighted by Crippen LogP contribution is -2.22. The second-order valence-corrected chi connectivity index (χ2v) is 3.71. The molecular formula is C14H12O3. The van der Waals surface area contributed by atoms with Gasteiger partial charge >= 0.3 is 0 Å². The first-order valence-corrected chi connectivity index (χ1v) is 5.27. The fourth-order valence-electron chi connectivity index (χ4n) is 1.95. The molecule has 0 aliphatic heterocycles. The zero-order valence-corrected chi connectivity index (χ0v) is 9.53. The number of rotatable bonds is 3. The van der Waals surface area contributed by atoms with E-state index in [1.165, 1.54) is 7.11 Å². The average molecular weight is 228 g/mol. The fraction of sp³-hybridized carbons (Fsp3) is 0.143. The molecule has 0 unspecified atom stereocenters. The van der Waals surface area contributed by atoms with Crippen LogP contribution in [0.2, 0.25) is 0 Å². The number of hydrogen-bond acceptors (Lipinski definition) is 3. The van der Waals surface area contributed by atoms with Gasteiger partial charge in [-0.15, -0.1) is 6.58 Å². The largest absolute Gasteiger partial charge is 0.492 e. The molecule has 0 N–H and O–H groups in total. The van der Waals surface area contributed by atoms with Gasteiger partial charge in [-0.25, -0.2) is 0 Å². The Kier molecular flexibility index (Phi) is 2.91. The number of hydrogen-bond donors (Lipinski definition) is 0. The van der Waals surface area contributed by atoms with Gasteiger partial charge < -0.3 is 4.74 Å². The second kappa shape index (κ2) is 4.37. The third-order valence-electron chi connectivity index (χ3n) is 2.72. The van der Waals surface area contributed by atoms with Gasteiger partial charge in [0, 0.05) is 16.7 Å². The summed E-state index contributed by atoms with van der Waals surface area (Å²) in [5.41, 5.74) is 1.23. The summed E-state index contributed by atoms with van der Waals surface area (Å²) in [5.74, 6) is -0.259. The number of methoxy groups -OCH3 is 1. The van der Waals surface area contributed by atoms with Crippen LogP contribution in [0.5, 0.6) is 0 Å². The quantitative estimate of drug-likeness (QED) is 0.747. The second-order valence-electron chi connectivity index (χ2n) is 3.71. The lowest BCUT2D eigenvalue weighted by molar-refractivity contribution is 0.0904. The van der Waals surface area contributed by atoms with E-state index in [-0.39, 0.29) is 17.3 Å². The van der Waals surface area contributed by atoms with Crippen molar-refractivity contribution in [3.8, 4) is 0 Å². The first-order chi connectivity index (χ1) is 8.20. The standard InChI is InChI=1S/C14H12O3/c1-3-6-11-12(15)9-7-4-5-8-10(9)13(16)14(11)17-2/h3-5,7-8H,1,6H2,2H3. The van der Waals surface area contributed by atoms with Crippen LogP contribution in [0.25, 0.3) is 0 Å². The highest BCUT2D eigenvalue weighted by Crippen LogP contribution is 2.28. The minimum absolute atomic E-state index is 0.133. The van der Waals surface area contributed by atoms with E-state index in [0.29, 0.717) is 23.1 Å². The Hall–Kier alpha value is -2.16. The normalized spacial score (nSPS) is 14.6. The first kappa shape index (κ1) is 11.3. The monoisotopic (exact) mass is 228 g/mol. The van der Waals surface area contributed by atoms with Crippen LogP contribution in [0.3, 0.4) is 0 Å². The summed E-state index contributed by atoms with van der Waals surface area (Å²) in [6.45, 7) is 3.59. The van der Waals surface area contributed by atoms with Crippen molar-refractivity contribution in [2.45, 2.75) is 6.42 Å². The highest BCUT2D eigenvalue weighted by atomic mass is 16.5. The van der Waals surface area contributed by atoms with Crippen LogP contribution in [0.1, 0.15) is 27.1 Å². The summed E-state index contributed by atoms with van der Waals surface area (Å²) in [6.07, 6.45) is 1.93. The van der Waals surface area contributed by atoms with Gasteiger partial charge in [-0.05, 0) is 6.42 Å². The van der Waals surface area contributed by atoms with E-state index in [4.69, 9.17) is 4.74 Å². The van der Waals surface area contributed by atoms with Gasteiger partial charge in [-0.1, -0.05) is 30.3 Å². The van der Waals surface area contributed by atoms with Crippen molar-refractivity contribution in [3.05, 3.63) is 59.4 Å². The van der Waals surface area contributed by atoms with Crippen molar-refractivity contribution in [1.29, 1.82) is 0 Å². The average Bonchev–Trinajstić information content (AvgIpc) is 2.36. The molecule has 0 atom stereocenters. The van der Waals surface area contributed by atoms with Crippen LogP contribution >= 0.6 is 0 Å². The Morgan fingerprint density at radius 2 is 1.76 bits per heavy atom. The smallest absolute Gasteiger partial charge is 0.228 e. The molecule has 0 heterocycles. The highest BCUT2D eigenvalue weighted by molar-refractivity contribution is 6.26. The molecule has 0 amide bonds. The Morgan fingerprint density at radius 3 is 2.29 bits per heavy atom. The Morgan fingerprint density at radius 1 is 1.18 bits per heavy atom. The summed E-state index contributed by atoms with van der Waals surface area (Å²) >= 11 is 0. The van der Waals surface area contributed by atoms with Gasteiger partial charge in [-0.2, -0.15) is 0 Å². The highest BCUT2D eigenvalue weighted by Gasteiger charge is 2.31. The molecule has 1 aromatic carbocycles. The predicted molar refractivity (Wildman–Crippen MR) is 64.0 cm³/mol. The van der Waals surface area contributed by atoms with Crippen molar-refractivity contribution >= 4 is 11.6 Å². The molecule has 3 nitrogen and oxygen atoms in total. The predicted octanol–water partition coefficient (Wildman–Crippen LogP) is 2.54. The number of fused-ring (bicyclic) bond motifs is 1. The maximum atomic E-state index is 12.2. The number of carbonyl (C=O) groups is 2. The topological polar surface area (TPSA) is 43.4 Å². The SMILES string of the molecule is C=CCC1=C(OC)C(=O)c2ccccc2C1=O. The molecule has 0 bridgehead atoms. The molecular weight excluding hydrogens is 216 g/mol. The maximum absolute atomic E-state index is 12.2. The number of carbonyl (C=O) groups excluding carboxylic acids is 2. The van der Waals surface area contributed by atoms with Crippen molar-refractivity contribution in [1.82, 2.24) is 0 Å². The van der Waals surface area contributed by atoms with E-state index in [0.717, 1.165) is 0 Å². The number of allylic oxidation sites excluding steroid dienone is 3. The Labute approximate surface area is 99.4 Å². The number of ketones is 2. The van der Waals surface area contributed by atoms with Crippen molar-refractivity contribution < 1.29 is 14.3 Å². The Balaban J connectivity index is 2.64. The van der Waals surface area contributed by atoms with E-state index < -0.39 is 0 Å². The maximum Gasteiger partial charge on any atom is 0.228 e. The molecule has 3 heteroatoms. The van der Waals surface area contributed by atoms with Gasteiger partial charge in [0.15, 0.2) is 11.5 Å². The molecule has 1 aliphatic carbocycles. The van der Waals surface area contributed by atoms with E-state index in [2.05, 4.69) is 6.58 Å². The van der Waals surface area contributed by atoms with Crippen molar-refractivity contribution in [2.24, 2.45) is 0 Å². The molecule has 0 radical (unpaired) electrons. The molecule has 2 rings (SSSR count). The number of Topliss-reactive ketones (excluding diaryl/α,β-unsaturated/α-hetero) is 2.